The third kappa shape index (κ3) is 3.52. The minimum Gasteiger partial charge on any atom is -0.353 e. The van der Waals surface area contributed by atoms with Crippen molar-refractivity contribution in [2.75, 3.05) is 7.05 Å². The SMILES string of the molecule is CN=C(NCc1ccnc(-n2cccn2)c1)NC1CC=CC1. The van der Waals surface area contributed by atoms with Crippen molar-refractivity contribution in [3.05, 3.63) is 54.5 Å². The first-order chi connectivity index (χ1) is 10.8. The summed E-state index contributed by atoms with van der Waals surface area (Å²) in [5, 5.41) is 11.0. The highest BCUT2D eigenvalue weighted by molar-refractivity contribution is 5.80. The van der Waals surface area contributed by atoms with Gasteiger partial charge in [0, 0.05) is 38.2 Å². The highest BCUT2D eigenvalue weighted by Crippen LogP contribution is 2.09. The van der Waals surface area contributed by atoms with E-state index in [1.807, 2.05) is 24.4 Å². The van der Waals surface area contributed by atoms with Crippen LogP contribution in [-0.2, 0) is 6.54 Å². The molecule has 0 amide bonds. The van der Waals surface area contributed by atoms with Crippen molar-refractivity contribution in [2.45, 2.75) is 25.4 Å². The molecule has 0 spiro atoms. The molecule has 0 aliphatic heterocycles. The Morgan fingerprint density at radius 3 is 2.95 bits per heavy atom. The molecule has 6 nitrogen and oxygen atoms in total. The van der Waals surface area contributed by atoms with E-state index in [2.05, 4.69) is 37.9 Å². The van der Waals surface area contributed by atoms with E-state index in [1.54, 1.807) is 24.1 Å². The molecule has 6 heteroatoms. The van der Waals surface area contributed by atoms with Crippen molar-refractivity contribution in [3.63, 3.8) is 0 Å². The van der Waals surface area contributed by atoms with Crippen LogP contribution in [-0.4, -0.2) is 33.8 Å². The number of hydrogen-bond donors (Lipinski definition) is 2. The maximum Gasteiger partial charge on any atom is 0.191 e. The van der Waals surface area contributed by atoms with Gasteiger partial charge in [-0.3, -0.25) is 4.99 Å². The van der Waals surface area contributed by atoms with Gasteiger partial charge in [-0.05, 0) is 36.6 Å². The van der Waals surface area contributed by atoms with Crippen molar-refractivity contribution in [2.24, 2.45) is 4.99 Å². The molecule has 1 aliphatic rings. The molecule has 0 aromatic carbocycles. The topological polar surface area (TPSA) is 67.1 Å². The fourth-order valence-corrected chi connectivity index (χ4v) is 2.41. The van der Waals surface area contributed by atoms with E-state index in [0.29, 0.717) is 12.6 Å². The molecule has 0 fully saturated rings. The van der Waals surface area contributed by atoms with E-state index >= 15 is 0 Å². The Hall–Kier alpha value is -2.63. The maximum absolute atomic E-state index is 4.33. The minimum atomic E-state index is 0.447. The highest BCUT2D eigenvalue weighted by Gasteiger charge is 2.11. The van der Waals surface area contributed by atoms with Crippen molar-refractivity contribution in [3.8, 4) is 5.82 Å². The zero-order chi connectivity index (χ0) is 15.2. The average Bonchev–Trinajstić information content (AvgIpc) is 3.25. The largest absolute Gasteiger partial charge is 0.353 e. The number of aliphatic imine (C=N–C) groups is 1. The number of guanidine groups is 1. The van der Waals surface area contributed by atoms with Gasteiger partial charge in [0.15, 0.2) is 11.8 Å². The first-order valence-corrected chi connectivity index (χ1v) is 7.42. The predicted octanol–water partition coefficient (Wildman–Crippen LogP) is 1.65. The molecule has 0 saturated carbocycles. The third-order valence-electron chi connectivity index (χ3n) is 3.58. The van der Waals surface area contributed by atoms with Crippen LogP contribution >= 0.6 is 0 Å². The summed E-state index contributed by atoms with van der Waals surface area (Å²) in [5.41, 5.74) is 1.13. The Labute approximate surface area is 130 Å². The fourth-order valence-electron chi connectivity index (χ4n) is 2.41. The Kier molecular flexibility index (Phi) is 4.48. The lowest BCUT2D eigenvalue weighted by Crippen LogP contribution is -2.42. The van der Waals surface area contributed by atoms with Gasteiger partial charge in [-0.15, -0.1) is 0 Å². The van der Waals surface area contributed by atoms with Crippen LogP contribution in [0, 0.1) is 0 Å². The summed E-state index contributed by atoms with van der Waals surface area (Å²) in [5.74, 6) is 1.64. The van der Waals surface area contributed by atoms with E-state index in [0.717, 1.165) is 30.2 Å². The fraction of sp³-hybridized carbons (Fsp3) is 0.312. The second kappa shape index (κ2) is 6.89. The number of aromatic nitrogens is 3. The zero-order valence-corrected chi connectivity index (χ0v) is 12.6. The average molecular weight is 296 g/mol. The smallest absolute Gasteiger partial charge is 0.191 e. The van der Waals surface area contributed by atoms with Crippen LogP contribution in [0.2, 0.25) is 0 Å². The molecular formula is C16H20N6. The van der Waals surface area contributed by atoms with Gasteiger partial charge in [0.2, 0.25) is 0 Å². The van der Waals surface area contributed by atoms with Crippen LogP contribution in [0.1, 0.15) is 18.4 Å². The van der Waals surface area contributed by atoms with Crippen molar-refractivity contribution < 1.29 is 0 Å². The van der Waals surface area contributed by atoms with Crippen LogP contribution in [0.4, 0.5) is 0 Å². The molecule has 2 N–H and O–H groups in total. The summed E-state index contributed by atoms with van der Waals surface area (Å²) in [6, 6.07) is 6.34. The number of hydrogen-bond acceptors (Lipinski definition) is 3. The van der Waals surface area contributed by atoms with E-state index in [9.17, 15) is 0 Å². The van der Waals surface area contributed by atoms with Crippen LogP contribution in [0.25, 0.3) is 5.82 Å². The van der Waals surface area contributed by atoms with Crippen LogP contribution in [0.5, 0.6) is 0 Å². The second-order valence-electron chi connectivity index (χ2n) is 5.18. The number of nitrogens with one attached hydrogen (secondary N) is 2. The first kappa shape index (κ1) is 14.3. The molecule has 2 aromatic rings. The lowest BCUT2D eigenvalue weighted by atomic mass is 10.2. The van der Waals surface area contributed by atoms with Crippen LogP contribution in [0.15, 0.2) is 53.9 Å². The van der Waals surface area contributed by atoms with E-state index in [4.69, 9.17) is 0 Å². The quantitative estimate of drug-likeness (QED) is 0.511. The lowest BCUT2D eigenvalue weighted by molar-refractivity contribution is 0.633. The van der Waals surface area contributed by atoms with Gasteiger partial charge in [-0.25, -0.2) is 9.67 Å². The Balaban J connectivity index is 1.59. The second-order valence-corrected chi connectivity index (χ2v) is 5.18. The minimum absolute atomic E-state index is 0.447. The van der Waals surface area contributed by atoms with Gasteiger partial charge >= 0.3 is 0 Å². The number of rotatable bonds is 4. The Bertz CT molecular complexity index is 651. The number of nitrogens with zero attached hydrogens (tertiary/aromatic N) is 4. The van der Waals surface area contributed by atoms with Crippen LogP contribution < -0.4 is 10.6 Å². The lowest BCUT2D eigenvalue weighted by Gasteiger charge is -2.17. The summed E-state index contributed by atoms with van der Waals surface area (Å²) in [6.07, 6.45) is 11.9. The summed E-state index contributed by atoms with van der Waals surface area (Å²) in [7, 11) is 1.79. The molecule has 2 aromatic heterocycles. The predicted molar refractivity (Wildman–Crippen MR) is 86.9 cm³/mol. The van der Waals surface area contributed by atoms with Crippen LogP contribution in [0.3, 0.4) is 0 Å². The van der Waals surface area contributed by atoms with Crippen molar-refractivity contribution in [1.29, 1.82) is 0 Å². The normalized spacial score (nSPS) is 15.2. The standard InChI is InChI=1S/C16H20N6/c1-17-16(21-14-5-2-3-6-14)19-12-13-7-9-18-15(11-13)22-10-4-8-20-22/h2-4,7-11,14H,5-6,12H2,1H3,(H2,17,19,21). The first-order valence-electron chi connectivity index (χ1n) is 7.42. The van der Waals surface area contributed by atoms with Gasteiger partial charge in [0.05, 0.1) is 0 Å². The molecule has 0 atom stereocenters. The highest BCUT2D eigenvalue weighted by atomic mass is 15.3. The van der Waals surface area contributed by atoms with Gasteiger partial charge in [-0.1, -0.05) is 12.2 Å². The third-order valence-corrected chi connectivity index (χ3v) is 3.58. The molecule has 114 valence electrons. The Morgan fingerprint density at radius 2 is 2.23 bits per heavy atom. The van der Waals surface area contributed by atoms with Crippen molar-refractivity contribution in [1.82, 2.24) is 25.4 Å². The van der Waals surface area contributed by atoms with E-state index in [-0.39, 0.29) is 0 Å². The monoisotopic (exact) mass is 296 g/mol. The maximum atomic E-state index is 4.33. The summed E-state index contributed by atoms with van der Waals surface area (Å²) >= 11 is 0. The van der Waals surface area contributed by atoms with Gasteiger partial charge in [-0.2, -0.15) is 5.10 Å². The summed E-state index contributed by atoms with van der Waals surface area (Å²) in [6.45, 7) is 0.691. The van der Waals surface area contributed by atoms with Gasteiger partial charge < -0.3 is 10.6 Å². The van der Waals surface area contributed by atoms with Gasteiger partial charge in [0.25, 0.3) is 0 Å². The molecule has 0 saturated heterocycles. The summed E-state index contributed by atoms with van der Waals surface area (Å²) in [4.78, 5) is 8.60. The van der Waals surface area contributed by atoms with Gasteiger partial charge in [0.1, 0.15) is 0 Å². The zero-order valence-electron chi connectivity index (χ0n) is 12.6. The molecule has 0 bridgehead atoms. The molecule has 0 radical (unpaired) electrons. The van der Waals surface area contributed by atoms with Crippen molar-refractivity contribution >= 4 is 5.96 Å². The molecule has 3 rings (SSSR count). The Morgan fingerprint density at radius 1 is 1.36 bits per heavy atom. The molecule has 1 aliphatic carbocycles. The number of pyridine rings is 1. The summed E-state index contributed by atoms with van der Waals surface area (Å²) < 4.78 is 1.75. The molecule has 0 unspecified atom stereocenters. The van der Waals surface area contributed by atoms with E-state index in [1.165, 1.54) is 0 Å². The van der Waals surface area contributed by atoms with E-state index < -0.39 is 0 Å². The molecule has 22 heavy (non-hydrogen) atoms. The molecule has 2 heterocycles. The molecular weight excluding hydrogens is 276 g/mol.